The van der Waals surface area contributed by atoms with Gasteiger partial charge in [0.05, 0.1) is 12.7 Å². The van der Waals surface area contributed by atoms with E-state index >= 15 is 0 Å². The lowest BCUT2D eigenvalue weighted by Gasteiger charge is -2.18. The number of carbonyl (C=O) groups is 1. The molecule has 2 heterocycles. The fourth-order valence-corrected chi connectivity index (χ4v) is 2.77. The van der Waals surface area contributed by atoms with Gasteiger partial charge < -0.3 is 13.7 Å². The first-order valence-electron chi connectivity index (χ1n) is 8.45. The lowest BCUT2D eigenvalue weighted by atomic mass is 10.1. The minimum atomic E-state index is -0.357. The predicted molar refractivity (Wildman–Crippen MR) is 93.8 cm³/mol. The third kappa shape index (κ3) is 4.83. The minimum absolute atomic E-state index is 0.238. The quantitative estimate of drug-likeness (QED) is 0.585. The molecule has 25 heavy (non-hydrogen) atoms. The van der Waals surface area contributed by atoms with E-state index in [1.54, 1.807) is 12.5 Å². The van der Waals surface area contributed by atoms with Gasteiger partial charge in [0.25, 0.3) is 0 Å². The zero-order valence-electron chi connectivity index (χ0n) is 14.3. The minimum Gasteiger partial charge on any atom is -0.469 e. The van der Waals surface area contributed by atoms with Gasteiger partial charge >= 0.3 is 5.97 Å². The molecule has 0 unspecified atom stereocenters. The van der Waals surface area contributed by atoms with Gasteiger partial charge in [-0.1, -0.05) is 30.3 Å². The fraction of sp³-hybridized carbons (Fsp3) is 0.300. The number of aromatic nitrogens is 2. The second-order valence-electron chi connectivity index (χ2n) is 5.98. The molecule has 0 aliphatic heterocycles. The second-order valence-corrected chi connectivity index (χ2v) is 5.98. The van der Waals surface area contributed by atoms with Gasteiger partial charge in [0.15, 0.2) is 6.10 Å². The van der Waals surface area contributed by atoms with Crippen molar-refractivity contribution in [3.63, 3.8) is 0 Å². The van der Waals surface area contributed by atoms with Crippen molar-refractivity contribution in [3.05, 3.63) is 78.3 Å². The molecule has 3 rings (SSSR count). The van der Waals surface area contributed by atoms with Crippen LogP contribution < -0.4 is 0 Å². The number of esters is 1. The largest absolute Gasteiger partial charge is 0.469 e. The van der Waals surface area contributed by atoms with Crippen LogP contribution in [-0.2, 0) is 29.4 Å². The maximum Gasteiger partial charge on any atom is 0.306 e. The highest BCUT2D eigenvalue weighted by molar-refractivity contribution is 5.69. The Morgan fingerprint density at radius 1 is 1.20 bits per heavy atom. The first-order chi connectivity index (χ1) is 12.2. The number of hydrogen-bond donors (Lipinski definition) is 0. The fourth-order valence-electron chi connectivity index (χ4n) is 2.77. The van der Waals surface area contributed by atoms with Crippen LogP contribution in [0.25, 0.3) is 0 Å². The van der Waals surface area contributed by atoms with Gasteiger partial charge in [-0.2, -0.15) is 0 Å². The SMILES string of the molecule is Cn1ccnc1[C@@H](CCc1ccccc1)OC(=O)CCc1ccco1. The van der Waals surface area contributed by atoms with Crippen molar-refractivity contribution in [2.24, 2.45) is 7.05 Å². The van der Waals surface area contributed by atoms with Crippen LogP contribution in [0.1, 0.15) is 36.1 Å². The zero-order valence-corrected chi connectivity index (χ0v) is 14.3. The lowest BCUT2D eigenvalue weighted by Crippen LogP contribution is -2.16. The van der Waals surface area contributed by atoms with Crippen LogP contribution in [-0.4, -0.2) is 15.5 Å². The van der Waals surface area contributed by atoms with Gasteiger partial charge in [-0.25, -0.2) is 4.98 Å². The van der Waals surface area contributed by atoms with Crippen molar-refractivity contribution < 1.29 is 13.9 Å². The summed E-state index contributed by atoms with van der Waals surface area (Å²) in [5.74, 6) is 1.31. The van der Waals surface area contributed by atoms with E-state index in [9.17, 15) is 4.79 Å². The van der Waals surface area contributed by atoms with Crippen LogP contribution in [0.4, 0.5) is 0 Å². The Morgan fingerprint density at radius 2 is 2.04 bits per heavy atom. The van der Waals surface area contributed by atoms with E-state index in [2.05, 4.69) is 17.1 Å². The summed E-state index contributed by atoms with van der Waals surface area (Å²) in [5.41, 5.74) is 1.22. The number of benzene rings is 1. The molecule has 1 aromatic carbocycles. The summed E-state index contributed by atoms with van der Waals surface area (Å²) < 4.78 is 12.9. The number of imidazole rings is 1. The first kappa shape index (κ1) is 17.0. The molecule has 0 saturated heterocycles. The molecule has 1 atom stereocenters. The van der Waals surface area contributed by atoms with Gasteiger partial charge in [0.2, 0.25) is 0 Å². The number of furan rings is 1. The van der Waals surface area contributed by atoms with Crippen LogP contribution in [0, 0.1) is 0 Å². The van der Waals surface area contributed by atoms with Crippen LogP contribution in [0.15, 0.2) is 65.5 Å². The van der Waals surface area contributed by atoms with Crippen LogP contribution in [0.3, 0.4) is 0 Å². The molecule has 0 amide bonds. The Balaban J connectivity index is 1.62. The normalized spacial score (nSPS) is 12.0. The molecule has 5 heteroatoms. The second kappa shape index (κ2) is 8.33. The average Bonchev–Trinajstić information content (AvgIpc) is 3.29. The van der Waals surface area contributed by atoms with E-state index in [4.69, 9.17) is 9.15 Å². The molecule has 0 radical (unpaired) electrons. The molecule has 0 bridgehead atoms. The van der Waals surface area contributed by atoms with Gasteiger partial charge in [-0.15, -0.1) is 0 Å². The van der Waals surface area contributed by atoms with Gasteiger partial charge in [-0.3, -0.25) is 4.79 Å². The number of hydrogen-bond acceptors (Lipinski definition) is 4. The van der Waals surface area contributed by atoms with Crippen LogP contribution >= 0.6 is 0 Å². The van der Waals surface area contributed by atoms with Crippen molar-refractivity contribution in [2.75, 3.05) is 0 Å². The third-order valence-corrected chi connectivity index (χ3v) is 4.11. The molecule has 2 aromatic heterocycles. The standard InChI is InChI=1S/C20H22N2O3/c1-22-14-13-21-20(22)18(11-9-16-6-3-2-4-7-16)25-19(23)12-10-17-8-5-15-24-17/h2-8,13-15,18H,9-12H2,1H3/t18-/m1/s1. The molecule has 130 valence electrons. The lowest BCUT2D eigenvalue weighted by molar-refractivity contribution is -0.150. The number of nitrogens with zero attached hydrogens (tertiary/aromatic N) is 2. The van der Waals surface area contributed by atoms with Crippen LogP contribution in [0.2, 0.25) is 0 Å². The summed E-state index contributed by atoms with van der Waals surface area (Å²) in [6, 6.07) is 13.9. The van der Waals surface area contributed by atoms with Crippen LogP contribution in [0.5, 0.6) is 0 Å². The molecule has 0 aliphatic carbocycles. The summed E-state index contributed by atoms with van der Waals surface area (Å²) in [5, 5.41) is 0. The summed E-state index contributed by atoms with van der Waals surface area (Å²) >= 11 is 0. The average molecular weight is 338 g/mol. The molecule has 0 N–H and O–H groups in total. The Labute approximate surface area is 147 Å². The number of ether oxygens (including phenoxy) is 1. The molecule has 0 fully saturated rings. The molecular weight excluding hydrogens is 316 g/mol. The highest BCUT2D eigenvalue weighted by atomic mass is 16.5. The maximum absolute atomic E-state index is 12.3. The Kier molecular flexibility index (Phi) is 5.67. The summed E-state index contributed by atoms with van der Waals surface area (Å²) in [7, 11) is 1.91. The van der Waals surface area contributed by atoms with Gasteiger partial charge in [-0.05, 0) is 30.5 Å². The summed E-state index contributed by atoms with van der Waals surface area (Å²) in [6.45, 7) is 0. The van der Waals surface area contributed by atoms with E-state index in [-0.39, 0.29) is 12.1 Å². The van der Waals surface area contributed by atoms with Crippen molar-refractivity contribution >= 4 is 5.97 Å². The van der Waals surface area contributed by atoms with E-state index in [1.807, 2.05) is 48.1 Å². The van der Waals surface area contributed by atoms with Crippen molar-refractivity contribution in [3.8, 4) is 0 Å². The zero-order chi connectivity index (χ0) is 17.5. The Morgan fingerprint density at radius 3 is 2.72 bits per heavy atom. The van der Waals surface area contributed by atoms with Gasteiger partial charge in [0, 0.05) is 25.9 Å². The molecule has 0 spiro atoms. The monoisotopic (exact) mass is 338 g/mol. The number of aryl methyl sites for hydroxylation is 3. The topological polar surface area (TPSA) is 57.3 Å². The van der Waals surface area contributed by atoms with E-state index in [0.29, 0.717) is 19.3 Å². The smallest absolute Gasteiger partial charge is 0.306 e. The van der Waals surface area contributed by atoms with E-state index in [1.165, 1.54) is 5.56 Å². The molecule has 3 aromatic rings. The first-order valence-corrected chi connectivity index (χ1v) is 8.45. The van der Waals surface area contributed by atoms with Crippen molar-refractivity contribution in [1.29, 1.82) is 0 Å². The number of rotatable bonds is 8. The molecular formula is C20H22N2O3. The Bertz CT molecular complexity index is 778. The van der Waals surface area contributed by atoms with E-state index in [0.717, 1.165) is 18.0 Å². The van der Waals surface area contributed by atoms with Crippen molar-refractivity contribution in [1.82, 2.24) is 9.55 Å². The highest BCUT2D eigenvalue weighted by Crippen LogP contribution is 2.22. The van der Waals surface area contributed by atoms with Gasteiger partial charge in [0.1, 0.15) is 11.6 Å². The van der Waals surface area contributed by atoms with Crippen molar-refractivity contribution in [2.45, 2.75) is 31.8 Å². The van der Waals surface area contributed by atoms with E-state index < -0.39 is 0 Å². The molecule has 5 nitrogen and oxygen atoms in total. The number of carbonyl (C=O) groups excluding carboxylic acids is 1. The summed E-state index contributed by atoms with van der Waals surface area (Å²) in [4.78, 5) is 16.6. The molecule has 0 saturated carbocycles. The maximum atomic E-state index is 12.3. The predicted octanol–water partition coefficient (Wildman–Crippen LogP) is 3.86. The Hall–Kier alpha value is -2.82. The summed E-state index contributed by atoms with van der Waals surface area (Å²) in [6.07, 6.45) is 7.19. The molecule has 0 aliphatic rings. The third-order valence-electron chi connectivity index (χ3n) is 4.11. The highest BCUT2D eigenvalue weighted by Gasteiger charge is 2.21.